The second kappa shape index (κ2) is 7.24. The van der Waals surface area contributed by atoms with E-state index < -0.39 is 15.8 Å². The molecule has 0 radical (unpaired) electrons. The van der Waals surface area contributed by atoms with Crippen LogP contribution < -0.4 is 9.62 Å². The fourth-order valence-electron chi connectivity index (χ4n) is 2.61. The van der Waals surface area contributed by atoms with Crippen LogP contribution in [0.4, 0.5) is 16.0 Å². The Hall–Kier alpha value is -2.75. The normalized spacial score (nSPS) is 15.0. The highest BCUT2D eigenvalue weighted by molar-refractivity contribution is 7.92. The second-order valence-electron chi connectivity index (χ2n) is 5.83. The lowest BCUT2D eigenvalue weighted by molar-refractivity contribution is -0.129. The highest BCUT2D eigenvalue weighted by atomic mass is 32.2. The number of anilines is 2. The summed E-state index contributed by atoms with van der Waals surface area (Å²) in [5.41, 5.74) is 0. The van der Waals surface area contributed by atoms with Crippen molar-refractivity contribution in [3.05, 3.63) is 42.2 Å². The predicted octanol–water partition coefficient (Wildman–Crippen LogP) is 1.08. The molecule has 26 heavy (non-hydrogen) atoms. The van der Waals surface area contributed by atoms with Crippen molar-refractivity contribution in [3.8, 4) is 0 Å². The van der Waals surface area contributed by atoms with Gasteiger partial charge in [-0.05, 0) is 36.4 Å². The van der Waals surface area contributed by atoms with Gasteiger partial charge in [-0.3, -0.25) is 9.52 Å². The maximum absolute atomic E-state index is 12.9. The third-order valence-corrected chi connectivity index (χ3v) is 5.43. The van der Waals surface area contributed by atoms with Gasteiger partial charge in [0.05, 0.1) is 4.90 Å². The summed E-state index contributed by atoms with van der Waals surface area (Å²) in [6, 6.07) is 7.68. The van der Waals surface area contributed by atoms with Gasteiger partial charge in [-0.2, -0.15) is 0 Å². The number of hydrogen-bond acceptors (Lipinski definition) is 6. The fourth-order valence-corrected chi connectivity index (χ4v) is 3.61. The van der Waals surface area contributed by atoms with Crippen molar-refractivity contribution in [3.63, 3.8) is 0 Å². The topological polar surface area (TPSA) is 95.5 Å². The quantitative estimate of drug-likeness (QED) is 0.854. The van der Waals surface area contributed by atoms with Crippen LogP contribution in [0, 0.1) is 5.82 Å². The molecule has 1 aliphatic heterocycles. The van der Waals surface area contributed by atoms with Crippen LogP contribution in [-0.2, 0) is 14.8 Å². The summed E-state index contributed by atoms with van der Waals surface area (Å²) in [6.07, 6.45) is 0. The lowest BCUT2D eigenvalue weighted by Gasteiger charge is -2.34. The molecule has 0 unspecified atom stereocenters. The minimum Gasteiger partial charge on any atom is -0.352 e. The van der Waals surface area contributed by atoms with E-state index in [1.807, 2.05) is 4.90 Å². The van der Waals surface area contributed by atoms with E-state index in [2.05, 4.69) is 14.9 Å². The fraction of sp³-hybridized carbons (Fsp3) is 0.312. The third kappa shape index (κ3) is 4.07. The van der Waals surface area contributed by atoms with Gasteiger partial charge in [0.1, 0.15) is 5.82 Å². The summed E-state index contributed by atoms with van der Waals surface area (Å²) in [4.78, 5) is 15.0. The number of carbonyl (C=O) groups excluding carboxylic acids is 1. The highest BCUT2D eigenvalue weighted by Crippen LogP contribution is 2.17. The first kappa shape index (κ1) is 18.1. The van der Waals surface area contributed by atoms with Crippen molar-refractivity contribution in [2.24, 2.45) is 0 Å². The molecule has 1 aliphatic rings. The Kier molecular flexibility index (Phi) is 5.03. The van der Waals surface area contributed by atoms with E-state index in [1.54, 1.807) is 11.0 Å². The number of halogens is 1. The van der Waals surface area contributed by atoms with Crippen LogP contribution >= 0.6 is 0 Å². The molecular formula is C16H18FN5O3S. The van der Waals surface area contributed by atoms with Crippen molar-refractivity contribution in [2.75, 3.05) is 35.8 Å². The SMILES string of the molecule is CC(=O)N1CCN(c2ccc(NS(=O)(=O)c3ccc(F)cc3)nn2)CC1. The van der Waals surface area contributed by atoms with Crippen LogP contribution in [0.5, 0.6) is 0 Å². The number of nitrogens with zero attached hydrogens (tertiary/aromatic N) is 4. The molecule has 1 aromatic heterocycles. The monoisotopic (exact) mass is 379 g/mol. The Morgan fingerprint density at radius 3 is 2.23 bits per heavy atom. The number of amides is 1. The van der Waals surface area contributed by atoms with Gasteiger partial charge in [0.25, 0.3) is 10.0 Å². The van der Waals surface area contributed by atoms with Crippen LogP contribution in [0.2, 0.25) is 0 Å². The largest absolute Gasteiger partial charge is 0.352 e. The van der Waals surface area contributed by atoms with Crippen molar-refractivity contribution < 1.29 is 17.6 Å². The standard InChI is InChI=1S/C16H18FN5O3S/c1-12(23)21-8-10-22(11-9-21)16-7-6-15(18-19-16)20-26(24,25)14-4-2-13(17)3-5-14/h2-7H,8-11H2,1H3,(H,18,20). The Morgan fingerprint density at radius 1 is 1.04 bits per heavy atom. The molecule has 1 amide bonds. The van der Waals surface area contributed by atoms with Crippen molar-refractivity contribution >= 4 is 27.6 Å². The minimum absolute atomic E-state index is 0.0429. The Morgan fingerprint density at radius 2 is 1.69 bits per heavy atom. The van der Waals surface area contributed by atoms with Gasteiger partial charge in [0.2, 0.25) is 5.91 Å². The van der Waals surface area contributed by atoms with Crippen LogP contribution in [0.1, 0.15) is 6.92 Å². The Balaban J connectivity index is 1.66. The Bertz CT molecular complexity index is 879. The molecule has 1 aromatic carbocycles. The lowest BCUT2D eigenvalue weighted by Crippen LogP contribution is -2.48. The van der Waals surface area contributed by atoms with Crippen LogP contribution in [-0.4, -0.2) is 55.6 Å². The maximum atomic E-state index is 12.9. The summed E-state index contributed by atoms with van der Waals surface area (Å²) in [7, 11) is -3.86. The number of piperazine rings is 1. The number of sulfonamides is 1. The van der Waals surface area contributed by atoms with E-state index in [1.165, 1.54) is 25.1 Å². The number of rotatable bonds is 4. The molecule has 10 heteroatoms. The first-order valence-corrected chi connectivity index (χ1v) is 9.46. The molecule has 1 N–H and O–H groups in total. The van der Waals surface area contributed by atoms with Gasteiger partial charge < -0.3 is 9.80 Å². The summed E-state index contributed by atoms with van der Waals surface area (Å²) in [5, 5.41) is 7.95. The number of benzene rings is 1. The summed E-state index contributed by atoms with van der Waals surface area (Å²) >= 11 is 0. The van der Waals surface area contributed by atoms with Crippen molar-refractivity contribution in [2.45, 2.75) is 11.8 Å². The molecule has 3 rings (SSSR count). The van der Waals surface area contributed by atoms with Gasteiger partial charge >= 0.3 is 0 Å². The molecule has 2 heterocycles. The molecule has 0 atom stereocenters. The zero-order valence-electron chi connectivity index (χ0n) is 14.1. The number of aromatic nitrogens is 2. The van der Waals surface area contributed by atoms with E-state index in [0.29, 0.717) is 32.0 Å². The molecule has 0 spiro atoms. The summed E-state index contributed by atoms with van der Waals surface area (Å²) in [5.74, 6) is 0.206. The van der Waals surface area contributed by atoms with Gasteiger partial charge in [-0.15, -0.1) is 10.2 Å². The Labute approximate surface area is 150 Å². The van der Waals surface area contributed by atoms with E-state index >= 15 is 0 Å². The molecular weight excluding hydrogens is 361 g/mol. The van der Waals surface area contributed by atoms with E-state index in [-0.39, 0.29) is 16.6 Å². The molecule has 2 aromatic rings. The highest BCUT2D eigenvalue weighted by Gasteiger charge is 2.20. The zero-order valence-corrected chi connectivity index (χ0v) is 14.9. The molecule has 0 saturated carbocycles. The van der Waals surface area contributed by atoms with Crippen LogP contribution in [0.3, 0.4) is 0 Å². The van der Waals surface area contributed by atoms with Crippen molar-refractivity contribution in [1.82, 2.24) is 15.1 Å². The zero-order chi connectivity index (χ0) is 18.7. The smallest absolute Gasteiger partial charge is 0.263 e. The van der Waals surface area contributed by atoms with Gasteiger partial charge in [0.15, 0.2) is 11.6 Å². The van der Waals surface area contributed by atoms with E-state index in [4.69, 9.17) is 0 Å². The average molecular weight is 379 g/mol. The minimum atomic E-state index is -3.86. The number of hydrogen-bond donors (Lipinski definition) is 1. The van der Waals surface area contributed by atoms with Gasteiger partial charge in [0, 0.05) is 33.1 Å². The number of carbonyl (C=O) groups is 1. The number of nitrogens with one attached hydrogen (secondary N) is 1. The molecule has 1 saturated heterocycles. The van der Waals surface area contributed by atoms with Crippen molar-refractivity contribution in [1.29, 1.82) is 0 Å². The third-order valence-electron chi connectivity index (χ3n) is 4.06. The molecule has 8 nitrogen and oxygen atoms in total. The summed E-state index contributed by atoms with van der Waals surface area (Å²) < 4.78 is 39.7. The summed E-state index contributed by atoms with van der Waals surface area (Å²) in [6.45, 7) is 4.02. The molecule has 0 aliphatic carbocycles. The van der Waals surface area contributed by atoms with E-state index in [9.17, 15) is 17.6 Å². The van der Waals surface area contributed by atoms with E-state index in [0.717, 1.165) is 12.1 Å². The molecule has 1 fully saturated rings. The second-order valence-corrected chi connectivity index (χ2v) is 7.51. The molecule has 0 bridgehead atoms. The lowest BCUT2D eigenvalue weighted by atomic mass is 10.3. The average Bonchev–Trinajstić information content (AvgIpc) is 2.62. The van der Waals surface area contributed by atoms with Crippen LogP contribution in [0.25, 0.3) is 0 Å². The molecule has 138 valence electrons. The predicted molar refractivity (Wildman–Crippen MR) is 93.7 cm³/mol. The van der Waals surface area contributed by atoms with Gasteiger partial charge in [-0.1, -0.05) is 0 Å². The van der Waals surface area contributed by atoms with Crippen LogP contribution in [0.15, 0.2) is 41.3 Å². The van der Waals surface area contributed by atoms with Gasteiger partial charge in [-0.25, -0.2) is 12.8 Å². The maximum Gasteiger partial charge on any atom is 0.263 e. The first-order chi connectivity index (χ1) is 12.3. The first-order valence-electron chi connectivity index (χ1n) is 7.98.